The van der Waals surface area contributed by atoms with Crippen molar-refractivity contribution >= 4 is 44.6 Å². The van der Waals surface area contributed by atoms with Crippen molar-refractivity contribution in [1.29, 1.82) is 0 Å². The SMILES string of the molecule is CN(C)CCC=C1c2ccccc2CCc2ccccc21.CN(C)CCC=C1c2ccccc2CCc2ccccc21.O=C(O)c1cc2ccccc2c(Cc2c(O)c(C(=O)O)cc3ccccc23)c1O. The van der Waals surface area contributed by atoms with Crippen LogP contribution < -0.4 is 0 Å². The zero-order valence-corrected chi connectivity index (χ0v) is 41.0. The van der Waals surface area contributed by atoms with E-state index in [4.69, 9.17) is 0 Å². The van der Waals surface area contributed by atoms with Gasteiger partial charge in [0.1, 0.15) is 22.6 Å². The fourth-order valence-electron chi connectivity index (χ4n) is 9.89. The van der Waals surface area contributed by atoms with Crippen molar-refractivity contribution in [2.24, 2.45) is 0 Å². The number of nitrogens with zero attached hydrogens (tertiary/aromatic N) is 2. The fourth-order valence-corrected chi connectivity index (χ4v) is 9.89. The van der Waals surface area contributed by atoms with Gasteiger partial charge in [0.2, 0.25) is 0 Å². The Balaban J connectivity index is 0.000000146. The summed E-state index contributed by atoms with van der Waals surface area (Å²) in [5.41, 5.74) is 14.5. The predicted molar refractivity (Wildman–Crippen MR) is 289 cm³/mol. The van der Waals surface area contributed by atoms with Gasteiger partial charge in [0.05, 0.1) is 0 Å². The van der Waals surface area contributed by atoms with Gasteiger partial charge in [0.25, 0.3) is 0 Å². The number of rotatable bonds is 10. The highest BCUT2D eigenvalue weighted by atomic mass is 16.4. The molecule has 0 unspecified atom stereocenters. The highest BCUT2D eigenvalue weighted by Gasteiger charge is 2.23. The van der Waals surface area contributed by atoms with E-state index in [1.54, 1.807) is 48.5 Å². The minimum absolute atomic E-state index is 0.0407. The van der Waals surface area contributed by atoms with Crippen LogP contribution in [0.5, 0.6) is 11.5 Å². The maximum Gasteiger partial charge on any atom is 0.339 e. The van der Waals surface area contributed by atoms with Crippen molar-refractivity contribution in [2.75, 3.05) is 41.3 Å². The maximum atomic E-state index is 11.6. The standard InChI is InChI=1S/C23H16O6.2C20H23N/c24-20-16(14-7-3-1-5-12(14)9-18(20)22(26)27)11-17-15-8-4-2-6-13(15)10-19(21(17)25)23(28)29;2*1-21(2)15-7-12-20-18-10-5-3-8-16(18)13-14-17-9-4-6-11-19(17)20/h1-10,24-25H,11H2,(H,26,27)(H,28,29);2*3-6,8-12H,7,13-15H2,1-2H3. The minimum atomic E-state index is -1.28. The molecule has 0 aromatic heterocycles. The van der Waals surface area contributed by atoms with E-state index < -0.39 is 23.4 Å². The van der Waals surface area contributed by atoms with Gasteiger partial charge in [-0.15, -0.1) is 0 Å². The number of hydrogen-bond donors (Lipinski definition) is 4. The lowest BCUT2D eigenvalue weighted by Crippen LogP contribution is -2.12. The minimum Gasteiger partial charge on any atom is -0.507 e. The summed E-state index contributed by atoms with van der Waals surface area (Å²) in [6.45, 7) is 2.18. The van der Waals surface area contributed by atoms with Gasteiger partial charge >= 0.3 is 11.9 Å². The number of aromatic carboxylic acids is 2. The van der Waals surface area contributed by atoms with E-state index in [2.05, 4.69) is 147 Å². The molecule has 0 amide bonds. The van der Waals surface area contributed by atoms with Gasteiger partial charge in [-0.2, -0.15) is 0 Å². The first kappa shape index (κ1) is 49.6. The molecule has 71 heavy (non-hydrogen) atoms. The molecule has 2 aliphatic rings. The van der Waals surface area contributed by atoms with E-state index in [9.17, 15) is 30.0 Å². The number of phenols is 2. The molecule has 10 rings (SSSR count). The molecule has 0 fully saturated rings. The normalized spacial score (nSPS) is 12.5. The monoisotopic (exact) mass is 942 g/mol. The second-order valence-electron chi connectivity index (χ2n) is 18.8. The van der Waals surface area contributed by atoms with E-state index >= 15 is 0 Å². The number of hydrogen-bond acceptors (Lipinski definition) is 6. The number of carboxylic acid groups (broad SMARTS) is 2. The Kier molecular flexibility index (Phi) is 15.9. The molecule has 360 valence electrons. The summed E-state index contributed by atoms with van der Waals surface area (Å²) in [7, 11) is 8.53. The molecule has 4 N–H and O–H groups in total. The third kappa shape index (κ3) is 11.5. The summed E-state index contributed by atoms with van der Waals surface area (Å²) in [5.74, 6) is -3.36. The molecular formula is C63H62N2O6. The molecular weight excluding hydrogens is 881 g/mol. The van der Waals surface area contributed by atoms with Crippen molar-refractivity contribution in [3.8, 4) is 11.5 Å². The Bertz CT molecular complexity index is 2970. The Morgan fingerprint density at radius 3 is 1.06 bits per heavy atom. The van der Waals surface area contributed by atoms with Crippen molar-refractivity contribution in [3.05, 3.63) is 237 Å². The maximum absolute atomic E-state index is 11.6. The average Bonchev–Trinajstić information content (AvgIpc) is 3.63. The molecule has 0 atom stereocenters. The highest BCUT2D eigenvalue weighted by molar-refractivity contribution is 6.02. The summed E-state index contributed by atoms with van der Waals surface area (Å²) in [6.07, 6.45) is 11.5. The van der Waals surface area contributed by atoms with Gasteiger partial charge in [-0.3, -0.25) is 0 Å². The zero-order valence-electron chi connectivity index (χ0n) is 41.0. The molecule has 8 nitrogen and oxygen atoms in total. The summed E-state index contributed by atoms with van der Waals surface area (Å²) in [4.78, 5) is 27.7. The van der Waals surface area contributed by atoms with Crippen molar-refractivity contribution in [3.63, 3.8) is 0 Å². The van der Waals surface area contributed by atoms with Crippen LogP contribution in [0.2, 0.25) is 0 Å². The van der Waals surface area contributed by atoms with Crippen LogP contribution in [0, 0.1) is 0 Å². The number of carbonyl (C=O) groups is 2. The summed E-state index contributed by atoms with van der Waals surface area (Å²) < 4.78 is 0. The lowest BCUT2D eigenvalue weighted by Gasteiger charge is -2.16. The molecule has 8 aromatic rings. The number of carboxylic acids is 2. The number of aryl methyl sites for hydroxylation is 4. The lowest BCUT2D eigenvalue weighted by molar-refractivity contribution is 0.0682. The predicted octanol–water partition coefficient (Wildman–Crippen LogP) is 12.7. The van der Waals surface area contributed by atoms with Crippen LogP contribution in [0.1, 0.15) is 89.2 Å². The lowest BCUT2D eigenvalue weighted by atomic mass is 9.90. The van der Waals surface area contributed by atoms with Crippen LogP contribution in [-0.4, -0.2) is 83.4 Å². The first-order chi connectivity index (χ1) is 34.4. The quantitative estimate of drug-likeness (QED) is 0.107. The van der Waals surface area contributed by atoms with Crippen LogP contribution in [0.4, 0.5) is 0 Å². The number of benzene rings is 8. The van der Waals surface area contributed by atoms with E-state index in [-0.39, 0.29) is 17.5 Å². The smallest absolute Gasteiger partial charge is 0.339 e. The Morgan fingerprint density at radius 1 is 0.451 bits per heavy atom. The Morgan fingerprint density at radius 2 is 0.746 bits per heavy atom. The highest BCUT2D eigenvalue weighted by Crippen LogP contribution is 2.40. The van der Waals surface area contributed by atoms with E-state index in [1.165, 1.54) is 67.8 Å². The van der Waals surface area contributed by atoms with Crippen molar-refractivity contribution in [2.45, 2.75) is 44.9 Å². The van der Waals surface area contributed by atoms with Crippen molar-refractivity contribution < 1.29 is 30.0 Å². The zero-order chi connectivity index (χ0) is 50.0. The molecule has 0 saturated heterocycles. The summed E-state index contributed by atoms with van der Waals surface area (Å²) in [6, 6.07) is 52.3. The van der Waals surface area contributed by atoms with Gasteiger partial charge in [-0.25, -0.2) is 9.59 Å². The van der Waals surface area contributed by atoms with Crippen LogP contribution in [0.15, 0.2) is 170 Å². The van der Waals surface area contributed by atoms with E-state index in [0.717, 1.165) is 51.6 Å². The summed E-state index contributed by atoms with van der Waals surface area (Å²) in [5, 5.41) is 42.8. The number of fused-ring (bicyclic) bond motifs is 6. The van der Waals surface area contributed by atoms with E-state index in [1.807, 2.05) is 0 Å². The van der Waals surface area contributed by atoms with Gasteiger partial charge in [0.15, 0.2) is 0 Å². The Hall–Kier alpha value is -7.78. The van der Waals surface area contributed by atoms with Crippen LogP contribution >= 0.6 is 0 Å². The first-order valence-electron chi connectivity index (χ1n) is 24.4. The van der Waals surface area contributed by atoms with E-state index in [0.29, 0.717) is 32.7 Å². The van der Waals surface area contributed by atoms with Gasteiger partial charge < -0.3 is 30.2 Å². The third-order valence-electron chi connectivity index (χ3n) is 13.5. The first-order valence-corrected chi connectivity index (χ1v) is 24.4. The van der Waals surface area contributed by atoms with Gasteiger partial charge in [0, 0.05) is 30.6 Å². The molecule has 0 spiro atoms. The molecule has 2 aliphatic carbocycles. The second-order valence-corrected chi connectivity index (χ2v) is 18.8. The topological polar surface area (TPSA) is 122 Å². The largest absolute Gasteiger partial charge is 0.507 e. The molecule has 0 bridgehead atoms. The average molecular weight is 943 g/mol. The molecule has 8 heteroatoms. The second kappa shape index (κ2) is 22.8. The van der Waals surface area contributed by atoms with Crippen LogP contribution in [-0.2, 0) is 32.1 Å². The molecule has 0 saturated carbocycles. The van der Waals surface area contributed by atoms with Crippen molar-refractivity contribution in [1.82, 2.24) is 9.80 Å². The van der Waals surface area contributed by atoms with Crippen LogP contribution in [0.3, 0.4) is 0 Å². The molecule has 0 heterocycles. The summed E-state index contributed by atoms with van der Waals surface area (Å²) >= 11 is 0. The van der Waals surface area contributed by atoms with Crippen LogP contribution in [0.25, 0.3) is 32.7 Å². The molecule has 0 aliphatic heterocycles. The third-order valence-corrected chi connectivity index (χ3v) is 13.5. The molecule has 8 aromatic carbocycles. The number of aromatic hydroxyl groups is 2. The molecule has 0 radical (unpaired) electrons. The Labute approximate surface area is 417 Å². The van der Waals surface area contributed by atoms with Gasteiger partial charge in [-0.05, 0) is 156 Å². The fraction of sp³-hybridized carbons (Fsp3) is 0.206. The van der Waals surface area contributed by atoms with Gasteiger partial charge in [-0.1, -0.05) is 158 Å².